The number of hydrogen-bond acceptors (Lipinski definition) is 6. The van der Waals surface area contributed by atoms with E-state index in [4.69, 9.17) is 4.18 Å². The van der Waals surface area contributed by atoms with E-state index in [9.17, 15) is 16.8 Å². The number of dihydropyridines is 1. The first-order valence-electron chi connectivity index (χ1n) is 7.47. The van der Waals surface area contributed by atoms with E-state index in [2.05, 4.69) is 21.2 Å². The molecule has 10 heteroatoms. The number of benzene rings is 1. The van der Waals surface area contributed by atoms with Crippen LogP contribution in [-0.2, 0) is 24.3 Å². The van der Waals surface area contributed by atoms with Crippen LogP contribution in [0.1, 0.15) is 6.42 Å². The zero-order valence-electron chi connectivity index (χ0n) is 13.3. The van der Waals surface area contributed by atoms with Gasteiger partial charge < -0.3 is 5.32 Å². The van der Waals surface area contributed by atoms with E-state index in [0.717, 1.165) is 16.3 Å². The quantitative estimate of drug-likeness (QED) is 0.686. The van der Waals surface area contributed by atoms with Gasteiger partial charge in [-0.25, -0.2) is 12.7 Å². The van der Waals surface area contributed by atoms with Gasteiger partial charge in [0.25, 0.3) is 20.1 Å². The van der Waals surface area contributed by atoms with Gasteiger partial charge in [0.15, 0.2) is 0 Å². The molecule has 0 aliphatic carbocycles. The summed E-state index contributed by atoms with van der Waals surface area (Å²) in [5.41, 5.74) is 0.785. The second kappa shape index (κ2) is 6.75. The van der Waals surface area contributed by atoms with Gasteiger partial charge in [0, 0.05) is 23.0 Å². The number of sulfonamides is 1. The molecule has 1 atom stereocenters. The molecule has 25 heavy (non-hydrogen) atoms. The van der Waals surface area contributed by atoms with Gasteiger partial charge in [-0.3, -0.25) is 4.18 Å². The van der Waals surface area contributed by atoms with Crippen LogP contribution >= 0.6 is 15.9 Å². The molecule has 2 aliphatic heterocycles. The van der Waals surface area contributed by atoms with E-state index >= 15 is 0 Å². The van der Waals surface area contributed by atoms with Crippen molar-refractivity contribution in [1.82, 2.24) is 9.62 Å². The Hall–Kier alpha value is -1.36. The van der Waals surface area contributed by atoms with Crippen molar-refractivity contribution in [2.24, 2.45) is 0 Å². The molecule has 0 radical (unpaired) electrons. The average molecular weight is 449 g/mol. The molecule has 0 saturated heterocycles. The third-order valence-electron chi connectivity index (χ3n) is 3.89. The lowest BCUT2D eigenvalue weighted by molar-refractivity contribution is 0.239. The number of allylic oxidation sites excluding steroid dienone is 1. The van der Waals surface area contributed by atoms with E-state index in [1.165, 1.54) is 16.4 Å². The van der Waals surface area contributed by atoms with E-state index in [0.29, 0.717) is 18.8 Å². The number of halogens is 1. The molecule has 1 N–H and O–H groups in total. The van der Waals surface area contributed by atoms with E-state index in [-0.39, 0.29) is 11.5 Å². The smallest absolute Gasteiger partial charge is 0.265 e. The van der Waals surface area contributed by atoms with E-state index in [1.54, 1.807) is 18.2 Å². The lowest BCUT2D eigenvalue weighted by atomic mass is 10.1. The maximum atomic E-state index is 13.1. The summed E-state index contributed by atoms with van der Waals surface area (Å²) in [5, 5.41) is 3.08. The Kier molecular flexibility index (Phi) is 4.97. The Labute approximate surface area is 155 Å². The summed E-state index contributed by atoms with van der Waals surface area (Å²) >= 11 is 3.45. The second-order valence-electron chi connectivity index (χ2n) is 5.72. The molecule has 0 fully saturated rings. The SMILES string of the molecule is CS(=O)(=O)OCC1CC2=C(NCC=C2Br)N1S(=O)(=O)c1ccccc1. The molecule has 1 aromatic carbocycles. The van der Waals surface area contributed by atoms with Gasteiger partial charge in [-0.05, 0) is 12.1 Å². The molecule has 1 aromatic rings. The number of hydrogen-bond donors (Lipinski definition) is 1. The first-order valence-corrected chi connectivity index (χ1v) is 11.5. The molecule has 7 nitrogen and oxygen atoms in total. The number of nitrogens with one attached hydrogen (secondary N) is 1. The fraction of sp³-hybridized carbons (Fsp3) is 0.333. The van der Waals surface area contributed by atoms with Crippen LogP contribution in [0.15, 0.2) is 57.2 Å². The van der Waals surface area contributed by atoms with E-state index < -0.39 is 26.2 Å². The lowest BCUT2D eigenvalue weighted by Crippen LogP contribution is -2.42. The Morgan fingerprint density at radius 2 is 1.92 bits per heavy atom. The normalized spacial score (nSPS) is 21.0. The molecule has 0 bridgehead atoms. The monoisotopic (exact) mass is 448 g/mol. The average Bonchev–Trinajstić information content (AvgIpc) is 2.94. The Morgan fingerprint density at radius 1 is 1.24 bits per heavy atom. The van der Waals surface area contributed by atoms with Crippen LogP contribution in [0.4, 0.5) is 0 Å². The van der Waals surface area contributed by atoms with Gasteiger partial charge in [-0.1, -0.05) is 40.2 Å². The van der Waals surface area contributed by atoms with Crippen LogP contribution in [0.5, 0.6) is 0 Å². The van der Waals surface area contributed by atoms with Crippen LogP contribution in [-0.4, -0.2) is 46.6 Å². The summed E-state index contributed by atoms with van der Waals surface area (Å²) < 4.78 is 55.9. The van der Waals surface area contributed by atoms with Gasteiger partial charge in [0.1, 0.15) is 5.82 Å². The summed E-state index contributed by atoms with van der Waals surface area (Å²) in [5.74, 6) is 0.459. The zero-order valence-corrected chi connectivity index (χ0v) is 16.6. The van der Waals surface area contributed by atoms with Crippen molar-refractivity contribution in [1.29, 1.82) is 0 Å². The highest BCUT2D eigenvalue weighted by atomic mass is 79.9. The number of rotatable bonds is 5. The van der Waals surface area contributed by atoms with Gasteiger partial charge in [0.05, 0.1) is 23.8 Å². The van der Waals surface area contributed by atoms with Gasteiger partial charge in [-0.2, -0.15) is 8.42 Å². The highest BCUT2D eigenvalue weighted by Gasteiger charge is 2.42. The predicted octanol–water partition coefficient (Wildman–Crippen LogP) is 1.52. The zero-order chi connectivity index (χ0) is 18.2. The van der Waals surface area contributed by atoms with Crippen molar-refractivity contribution in [3.05, 3.63) is 52.3 Å². The van der Waals surface area contributed by atoms with Crippen LogP contribution in [0.2, 0.25) is 0 Å². The molecule has 0 aromatic heterocycles. The molecule has 2 aliphatic rings. The molecule has 0 spiro atoms. The highest BCUT2D eigenvalue weighted by molar-refractivity contribution is 9.12. The predicted molar refractivity (Wildman–Crippen MR) is 96.7 cm³/mol. The first-order chi connectivity index (χ1) is 11.7. The standard InChI is InChI=1S/C15H17BrN2O5S2/c1-24(19,20)23-10-11-9-13-14(16)7-8-17-15(13)18(11)25(21,22)12-5-3-2-4-6-12/h2-7,11,17H,8-10H2,1H3. The number of nitrogens with zero attached hydrogens (tertiary/aromatic N) is 1. The summed E-state index contributed by atoms with van der Waals surface area (Å²) in [4.78, 5) is 0.139. The van der Waals surface area contributed by atoms with Crippen LogP contribution in [0, 0.1) is 0 Å². The molecule has 2 heterocycles. The van der Waals surface area contributed by atoms with Gasteiger partial charge >= 0.3 is 0 Å². The van der Waals surface area contributed by atoms with Crippen molar-refractivity contribution >= 4 is 36.1 Å². The molecule has 1 unspecified atom stereocenters. The molecule has 3 rings (SSSR count). The molecule has 136 valence electrons. The maximum absolute atomic E-state index is 13.1. The Balaban J connectivity index is 2.02. The summed E-state index contributed by atoms with van der Waals surface area (Å²) in [6, 6.07) is 7.38. The van der Waals surface area contributed by atoms with Crippen molar-refractivity contribution in [3.63, 3.8) is 0 Å². The minimum Gasteiger partial charge on any atom is -0.367 e. The molecular weight excluding hydrogens is 432 g/mol. The van der Waals surface area contributed by atoms with Gasteiger partial charge in [0.2, 0.25) is 0 Å². The van der Waals surface area contributed by atoms with Gasteiger partial charge in [-0.15, -0.1) is 0 Å². The largest absolute Gasteiger partial charge is 0.367 e. The highest BCUT2D eigenvalue weighted by Crippen LogP contribution is 2.39. The Bertz CT molecular complexity index is 939. The lowest BCUT2D eigenvalue weighted by Gasteiger charge is -2.29. The van der Waals surface area contributed by atoms with Crippen LogP contribution in [0.25, 0.3) is 0 Å². The topological polar surface area (TPSA) is 92.8 Å². The Morgan fingerprint density at radius 3 is 2.56 bits per heavy atom. The summed E-state index contributed by atoms with van der Waals surface area (Å²) in [7, 11) is -7.54. The maximum Gasteiger partial charge on any atom is 0.265 e. The van der Waals surface area contributed by atoms with Crippen molar-refractivity contribution in [2.45, 2.75) is 17.4 Å². The molecule has 0 saturated carbocycles. The minimum absolute atomic E-state index is 0.139. The fourth-order valence-corrected chi connectivity index (χ4v) is 5.42. The third-order valence-corrected chi connectivity index (χ3v) is 7.12. The second-order valence-corrected chi connectivity index (χ2v) is 10.0. The van der Waals surface area contributed by atoms with Crippen molar-refractivity contribution in [2.75, 3.05) is 19.4 Å². The molecular formula is C15H17BrN2O5S2. The fourth-order valence-electron chi connectivity index (χ4n) is 2.84. The minimum atomic E-state index is -3.86. The van der Waals surface area contributed by atoms with Crippen molar-refractivity contribution in [3.8, 4) is 0 Å². The van der Waals surface area contributed by atoms with Crippen molar-refractivity contribution < 1.29 is 21.0 Å². The van der Waals surface area contributed by atoms with Crippen LogP contribution in [0.3, 0.4) is 0 Å². The van der Waals surface area contributed by atoms with Crippen LogP contribution < -0.4 is 5.32 Å². The summed E-state index contributed by atoms with van der Waals surface area (Å²) in [6.07, 6.45) is 3.19. The summed E-state index contributed by atoms with van der Waals surface area (Å²) in [6.45, 7) is 0.222. The molecule has 0 amide bonds. The third kappa shape index (κ3) is 3.76. The van der Waals surface area contributed by atoms with E-state index in [1.807, 2.05) is 6.08 Å². The first kappa shape index (κ1) is 18.4.